The van der Waals surface area contributed by atoms with E-state index in [1.807, 2.05) is 29.8 Å². The summed E-state index contributed by atoms with van der Waals surface area (Å²) in [5, 5.41) is 0. The van der Waals surface area contributed by atoms with Crippen molar-refractivity contribution < 1.29 is 4.42 Å². The molecule has 0 aliphatic carbocycles. The Balaban J connectivity index is 2.18. The average Bonchev–Trinajstić information content (AvgIpc) is 2.93. The Hall–Kier alpha value is -2.30. The first kappa shape index (κ1) is 11.8. The van der Waals surface area contributed by atoms with Crippen LogP contribution in [0.25, 0.3) is 22.3 Å². The van der Waals surface area contributed by atoms with Gasteiger partial charge < -0.3 is 14.7 Å². The zero-order chi connectivity index (χ0) is 13.6. The van der Waals surface area contributed by atoms with E-state index < -0.39 is 0 Å². The van der Waals surface area contributed by atoms with Gasteiger partial charge in [-0.2, -0.15) is 4.98 Å². The van der Waals surface area contributed by atoms with Crippen molar-refractivity contribution in [3.63, 3.8) is 0 Å². The Morgan fingerprint density at radius 2 is 2.11 bits per heavy atom. The SMILES string of the molecule is CC(C)c1oc(N)nc1-c1ccc2c(c1)ncn2C. The molecule has 0 radical (unpaired) electrons. The largest absolute Gasteiger partial charge is 0.428 e. The molecule has 3 rings (SSSR count). The van der Waals surface area contributed by atoms with E-state index in [-0.39, 0.29) is 11.9 Å². The van der Waals surface area contributed by atoms with E-state index in [4.69, 9.17) is 10.2 Å². The van der Waals surface area contributed by atoms with Crippen molar-refractivity contribution in [1.29, 1.82) is 0 Å². The van der Waals surface area contributed by atoms with Crippen LogP contribution < -0.4 is 5.73 Å². The molecule has 0 bridgehead atoms. The molecule has 0 aliphatic rings. The van der Waals surface area contributed by atoms with Gasteiger partial charge in [0.2, 0.25) is 0 Å². The van der Waals surface area contributed by atoms with E-state index in [0.29, 0.717) is 0 Å². The summed E-state index contributed by atoms with van der Waals surface area (Å²) >= 11 is 0. The summed E-state index contributed by atoms with van der Waals surface area (Å²) in [6, 6.07) is 6.28. The molecule has 0 saturated heterocycles. The summed E-state index contributed by atoms with van der Waals surface area (Å²) in [7, 11) is 1.97. The maximum Gasteiger partial charge on any atom is 0.292 e. The van der Waals surface area contributed by atoms with Crippen LogP contribution in [0.4, 0.5) is 6.01 Å². The number of oxazole rings is 1. The summed E-state index contributed by atoms with van der Waals surface area (Å²) in [4.78, 5) is 8.65. The predicted molar refractivity (Wildman–Crippen MR) is 74.7 cm³/mol. The van der Waals surface area contributed by atoms with Gasteiger partial charge in [0.25, 0.3) is 6.01 Å². The number of anilines is 1. The first-order valence-corrected chi connectivity index (χ1v) is 6.24. The third-order valence-electron chi connectivity index (χ3n) is 3.19. The molecular weight excluding hydrogens is 240 g/mol. The second-order valence-corrected chi connectivity index (χ2v) is 4.98. The molecule has 0 saturated carbocycles. The smallest absolute Gasteiger partial charge is 0.292 e. The number of imidazole rings is 1. The first-order chi connectivity index (χ1) is 9.06. The lowest BCUT2D eigenvalue weighted by Gasteiger charge is -2.04. The predicted octanol–water partition coefficient (Wildman–Crippen LogP) is 2.93. The number of aryl methyl sites for hydroxylation is 1. The molecule has 0 fully saturated rings. The van der Waals surface area contributed by atoms with Gasteiger partial charge >= 0.3 is 0 Å². The number of hydrogen-bond donors (Lipinski definition) is 1. The van der Waals surface area contributed by atoms with Crippen molar-refractivity contribution in [1.82, 2.24) is 14.5 Å². The molecular formula is C14H16N4O. The van der Waals surface area contributed by atoms with Gasteiger partial charge in [-0.05, 0) is 12.1 Å². The number of hydrogen-bond acceptors (Lipinski definition) is 4. The van der Waals surface area contributed by atoms with Crippen LogP contribution in [0.1, 0.15) is 25.5 Å². The molecule has 0 atom stereocenters. The molecule has 2 aromatic heterocycles. The van der Waals surface area contributed by atoms with Crippen LogP contribution in [0, 0.1) is 0 Å². The summed E-state index contributed by atoms with van der Waals surface area (Å²) in [5.74, 6) is 1.05. The quantitative estimate of drug-likeness (QED) is 0.765. The lowest BCUT2D eigenvalue weighted by atomic mass is 10.0. The van der Waals surface area contributed by atoms with Gasteiger partial charge in [-0.1, -0.05) is 19.9 Å². The molecule has 0 amide bonds. The van der Waals surface area contributed by atoms with E-state index in [0.717, 1.165) is 28.1 Å². The molecule has 98 valence electrons. The van der Waals surface area contributed by atoms with Gasteiger partial charge in [0.1, 0.15) is 11.5 Å². The third kappa shape index (κ3) is 1.87. The normalized spacial score (nSPS) is 11.6. The van der Waals surface area contributed by atoms with Crippen LogP contribution in [0.15, 0.2) is 28.9 Å². The zero-order valence-electron chi connectivity index (χ0n) is 11.2. The number of rotatable bonds is 2. The minimum atomic E-state index is 0.208. The summed E-state index contributed by atoms with van der Waals surface area (Å²) < 4.78 is 7.47. The van der Waals surface area contributed by atoms with Gasteiger partial charge in [-0.15, -0.1) is 0 Å². The fourth-order valence-corrected chi connectivity index (χ4v) is 2.23. The molecule has 2 heterocycles. The van der Waals surface area contributed by atoms with E-state index in [1.54, 1.807) is 6.33 Å². The van der Waals surface area contributed by atoms with Gasteiger partial charge in [-0.25, -0.2) is 4.98 Å². The van der Waals surface area contributed by atoms with Crippen LogP contribution >= 0.6 is 0 Å². The van der Waals surface area contributed by atoms with Gasteiger partial charge in [-0.3, -0.25) is 0 Å². The molecule has 0 unspecified atom stereocenters. The number of nitrogens with zero attached hydrogens (tertiary/aromatic N) is 3. The average molecular weight is 256 g/mol. The van der Waals surface area contributed by atoms with Crippen LogP contribution in [0.3, 0.4) is 0 Å². The minimum absolute atomic E-state index is 0.208. The molecule has 5 nitrogen and oxygen atoms in total. The second-order valence-electron chi connectivity index (χ2n) is 4.98. The summed E-state index contributed by atoms with van der Waals surface area (Å²) in [6.07, 6.45) is 1.80. The zero-order valence-corrected chi connectivity index (χ0v) is 11.2. The highest BCUT2D eigenvalue weighted by molar-refractivity contribution is 5.81. The maximum absolute atomic E-state index is 5.67. The van der Waals surface area contributed by atoms with Crippen molar-refractivity contribution in [3.05, 3.63) is 30.3 Å². The van der Waals surface area contributed by atoms with Crippen LogP contribution in [-0.4, -0.2) is 14.5 Å². The molecule has 19 heavy (non-hydrogen) atoms. The third-order valence-corrected chi connectivity index (χ3v) is 3.19. The summed E-state index contributed by atoms with van der Waals surface area (Å²) in [6.45, 7) is 4.12. The van der Waals surface area contributed by atoms with Crippen molar-refractivity contribution in [2.75, 3.05) is 5.73 Å². The minimum Gasteiger partial charge on any atom is -0.428 e. The first-order valence-electron chi connectivity index (χ1n) is 6.24. The Morgan fingerprint density at radius 3 is 2.84 bits per heavy atom. The van der Waals surface area contributed by atoms with Gasteiger partial charge in [0.15, 0.2) is 0 Å². The van der Waals surface area contributed by atoms with E-state index >= 15 is 0 Å². The van der Waals surface area contributed by atoms with Crippen molar-refractivity contribution >= 4 is 17.0 Å². The van der Waals surface area contributed by atoms with Gasteiger partial charge in [0.05, 0.1) is 17.4 Å². The number of aromatic nitrogens is 3. The molecule has 2 N–H and O–H groups in total. The Kier molecular flexibility index (Phi) is 2.55. The molecule has 0 aliphatic heterocycles. The fourth-order valence-electron chi connectivity index (χ4n) is 2.23. The van der Waals surface area contributed by atoms with E-state index in [1.165, 1.54) is 0 Å². The van der Waals surface area contributed by atoms with Crippen molar-refractivity contribution in [2.45, 2.75) is 19.8 Å². The number of benzene rings is 1. The summed E-state index contributed by atoms with van der Waals surface area (Å²) in [5.41, 5.74) is 9.49. The number of fused-ring (bicyclic) bond motifs is 1. The Morgan fingerprint density at radius 1 is 1.32 bits per heavy atom. The Labute approximate surface area is 111 Å². The van der Waals surface area contributed by atoms with Crippen LogP contribution in [-0.2, 0) is 7.05 Å². The topological polar surface area (TPSA) is 69.9 Å². The molecule has 3 aromatic rings. The fraction of sp³-hybridized carbons (Fsp3) is 0.286. The van der Waals surface area contributed by atoms with Crippen molar-refractivity contribution in [2.24, 2.45) is 7.05 Å². The lowest BCUT2D eigenvalue weighted by Crippen LogP contribution is -1.90. The molecule has 5 heteroatoms. The highest BCUT2D eigenvalue weighted by atomic mass is 16.4. The monoisotopic (exact) mass is 256 g/mol. The number of nitrogens with two attached hydrogens (primary N) is 1. The number of nitrogen functional groups attached to an aromatic ring is 1. The van der Waals surface area contributed by atoms with E-state index in [9.17, 15) is 0 Å². The standard InChI is InChI=1S/C14H16N4O/c1-8(2)13-12(17-14(15)19-13)9-4-5-11-10(6-9)16-7-18(11)3/h4-8H,1-3H3,(H2,15,17). The maximum atomic E-state index is 5.67. The molecule has 1 aromatic carbocycles. The lowest BCUT2D eigenvalue weighted by molar-refractivity contribution is 0.500. The second kappa shape index (κ2) is 4.12. The highest BCUT2D eigenvalue weighted by Crippen LogP contribution is 2.31. The van der Waals surface area contributed by atoms with E-state index in [2.05, 4.69) is 23.8 Å². The van der Waals surface area contributed by atoms with Crippen molar-refractivity contribution in [3.8, 4) is 11.3 Å². The Bertz CT molecular complexity index is 739. The van der Waals surface area contributed by atoms with Crippen LogP contribution in [0.5, 0.6) is 0 Å². The highest BCUT2D eigenvalue weighted by Gasteiger charge is 2.17. The van der Waals surface area contributed by atoms with Gasteiger partial charge in [0, 0.05) is 18.5 Å². The van der Waals surface area contributed by atoms with Crippen LogP contribution in [0.2, 0.25) is 0 Å². The molecule has 0 spiro atoms.